The molecule has 0 spiro atoms. The zero-order valence-corrected chi connectivity index (χ0v) is 10.3. The summed E-state index contributed by atoms with van der Waals surface area (Å²) >= 11 is 0. The summed E-state index contributed by atoms with van der Waals surface area (Å²) in [4.78, 5) is 21.4. The number of nitrogens with zero attached hydrogens (tertiary/aromatic N) is 2. The quantitative estimate of drug-likeness (QED) is 0.585. The molecule has 2 aromatic carbocycles. The first kappa shape index (κ1) is 12.2. The van der Waals surface area contributed by atoms with Crippen LogP contribution in [0.2, 0.25) is 0 Å². The lowest BCUT2D eigenvalue weighted by atomic mass is 10.1. The lowest BCUT2D eigenvalue weighted by molar-refractivity contribution is -0.384. The molecule has 0 aliphatic carbocycles. The Kier molecular flexibility index (Phi) is 2.64. The Bertz CT molecular complexity index is 851. The molecule has 6 nitrogen and oxygen atoms in total. The minimum Gasteiger partial charge on any atom is -0.480 e. The molecule has 6 heteroatoms. The smallest absolute Gasteiger partial charge is 0.323 e. The second kappa shape index (κ2) is 4.34. The second-order valence-electron chi connectivity index (χ2n) is 4.46. The van der Waals surface area contributed by atoms with Crippen LogP contribution in [0.25, 0.3) is 21.8 Å². The minimum atomic E-state index is -0.953. The number of non-ortho nitro benzene ring substituents is 1. The Hall–Kier alpha value is -2.89. The molecule has 0 radical (unpaired) electrons. The van der Waals surface area contributed by atoms with E-state index < -0.39 is 10.9 Å². The monoisotopic (exact) mass is 270 g/mol. The number of carboxylic acids is 1. The van der Waals surface area contributed by atoms with Crippen LogP contribution >= 0.6 is 0 Å². The van der Waals surface area contributed by atoms with Crippen molar-refractivity contribution in [2.24, 2.45) is 0 Å². The van der Waals surface area contributed by atoms with Crippen molar-refractivity contribution in [3.05, 3.63) is 52.6 Å². The van der Waals surface area contributed by atoms with Gasteiger partial charge in [-0.25, -0.2) is 0 Å². The van der Waals surface area contributed by atoms with E-state index in [9.17, 15) is 14.9 Å². The van der Waals surface area contributed by atoms with Crippen LogP contribution in [0.1, 0.15) is 0 Å². The second-order valence-corrected chi connectivity index (χ2v) is 4.46. The fraction of sp³-hybridized carbons (Fsp3) is 0.0714. The molecule has 0 saturated carbocycles. The maximum absolute atomic E-state index is 11.0. The van der Waals surface area contributed by atoms with Gasteiger partial charge in [-0.3, -0.25) is 14.9 Å². The van der Waals surface area contributed by atoms with E-state index in [1.807, 2.05) is 24.3 Å². The number of para-hydroxylation sites is 1. The van der Waals surface area contributed by atoms with Crippen molar-refractivity contribution in [2.45, 2.75) is 6.54 Å². The Labute approximate surface area is 113 Å². The molecule has 20 heavy (non-hydrogen) atoms. The molecular weight excluding hydrogens is 260 g/mol. The number of hydrogen-bond donors (Lipinski definition) is 1. The topological polar surface area (TPSA) is 85.4 Å². The van der Waals surface area contributed by atoms with E-state index in [1.54, 1.807) is 10.6 Å². The number of aliphatic carboxylic acids is 1. The Morgan fingerprint density at radius 3 is 2.55 bits per heavy atom. The number of nitro benzene ring substituents is 1. The normalized spacial score (nSPS) is 11.0. The van der Waals surface area contributed by atoms with Crippen LogP contribution in [-0.2, 0) is 11.3 Å². The first-order valence-corrected chi connectivity index (χ1v) is 5.95. The van der Waals surface area contributed by atoms with Gasteiger partial charge in [0, 0.05) is 28.4 Å². The Morgan fingerprint density at radius 1 is 1.15 bits per heavy atom. The Morgan fingerprint density at radius 2 is 1.85 bits per heavy atom. The largest absolute Gasteiger partial charge is 0.480 e. The van der Waals surface area contributed by atoms with Crippen molar-refractivity contribution in [2.75, 3.05) is 0 Å². The van der Waals surface area contributed by atoms with E-state index >= 15 is 0 Å². The molecular formula is C14H10N2O4. The van der Waals surface area contributed by atoms with E-state index in [-0.39, 0.29) is 12.2 Å². The van der Waals surface area contributed by atoms with Gasteiger partial charge in [-0.15, -0.1) is 0 Å². The lowest BCUT2D eigenvalue weighted by Gasteiger charge is -2.02. The first-order chi connectivity index (χ1) is 9.58. The number of fused-ring (bicyclic) bond motifs is 3. The van der Waals surface area contributed by atoms with E-state index in [0.717, 1.165) is 10.9 Å². The van der Waals surface area contributed by atoms with Crippen LogP contribution < -0.4 is 0 Å². The van der Waals surface area contributed by atoms with E-state index in [0.29, 0.717) is 10.9 Å². The number of hydrogen-bond acceptors (Lipinski definition) is 3. The fourth-order valence-corrected chi connectivity index (χ4v) is 2.46. The van der Waals surface area contributed by atoms with Gasteiger partial charge in [0.25, 0.3) is 5.69 Å². The van der Waals surface area contributed by atoms with Crippen molar-refractivity contribution in [3.63, 3.8) is 0 Å². The summed E-state index contributed by atoms with van der Waals surface area (Å²) in [7, 11) is 0. The average molecular weight is 270 g/mol. The third kappa shape index (κ3) is 1.78. The predicted octanol–water partition coefficient (Wildman–Crippen LogP) is 2.79. The number of rotatable bonds is 3. The molecule has 3 aromatic rings. The number of nitro groups is 1. The zero-order valence-electron chi connectivity index (χ0n) is 10.3. The summed E-state index contributed by atoms with van der Waals surface area (Å²) in [5, 5.41) is 21.4. The van der Waals surface area contributed by atoms with Gasteiger partial charge in [0.2, 0.25) is 0 Å². The van der Waals surface area contributed by atoms with Crippen molar-refractivity contribution >= 4 is 33.5 Å². The molecule has 0 amide bonds. The first-order valence-electron chi connectivity index (χ1n) is 5.95. The van der Waals surface area contributed by atoms with Gasteiger partial charge >= 0.3 is 5.97 Å². The molecule has 1 N–H and O–H groups in total. The maximum Gasteiger partial charge on any atom is 0.323 e. The van der Waals surface area contributed by atoms with Crippen LogP contribution in [0.3, 0.4) is 0 Å². The third-order valence-corrected chi connectivity index (χ3v) is 3.26. The van der Waals surface area contributed by atoms with Gasteiger partial charge < -0.3 is 9.67 Å². The number of carbonyl (C=O) groups is 1. The predicted molar refractivity (Wildman–Crippen MR) is 73.7 cm³/mol. The van der Waals surface area contributed by atoms with Gasteiger partial charge in [0.1, 0.15) is 6.54 Å². The minimum absolute atomic E-state index is 0.00396. The summed E-state index contributed by atoms with van der Waals surface area (Å²) < 4.78 is 1.65. The highest BCUT2D eigenvalue weighted by Crippen LogP contribution is 2.31. The van der Waals surface area contributed by atoms with Crippen molar-refractivity contribution in [1.29, 1.82) is 0 Å². The van der Waals surface area contributed by atoms with Gasteiger partial charge in [0.05, 0.1) is 10.4 Å². The van der Waals surface area contributed by atoms with Crippen LogP contribution in [0.4, 0.5) is 5.69 Å². The van der Waals surface area contributed by atoms with Crippen molar-refractivity contribution in [3.8, 4) is 0 Å². The number of aromatic nitrogens is 1. The molecule has 1 heterocycles. The molecule has 0 atom stereocenters. The maximum atomic E-state index is 11.0. The van der Waals surface area contributed by atoms with E-state index in [1.165, 1.54) is 12.1 Å². The zero-order chi connectivity index (χ0) is 14.3. The summed E-state index contributed by atoms with van der Waals surface area (Å²) in [6.07, 6.45) is 0. The fourth-order valence-electron chi connectivity index (χ4n) is 2.46. The molecule has 1 aromatic heterocycles. The standard InChI is InChI=1S/C14H10N2O4/c17-14(18)8-15-12-4-2-1-3-10(12)11-7-9(16(19)20)5-6-13(11)15/h1-7H,8H2,(H,17,18). The highest BCUT2D eigenvalue weighted by atomic mass is 16.6. The molecule has 0 fully saturated rings. The molecule has 0 aliphatic rings. The van der Waals surface area contributed by atoms with Crippen LogP contribution in [0, 0.1) is 10.1 Å². The van der Waals surface area contributed by atoms with Crippen LogP contribution in [0.15, 0.2) is 42.5 Å². The summed E-state index contributed by atoms with van der Waals surface area (Å²) in [6, 6.07) is 11.7. The molecule has 100 valence electrons. The summed E-state index contributed by atoms with van der Waals surface area (Å²) in [5.74, 6) is -0.953. The van der Waals surface area contributed by atoms with Gasteiger partial charge in [-0.2, -0.15) is 0 Å². The van der Waals surface area contributed by atoms with Crippen molar-refractivity contribution < 1.29 is 14.8 Å². The molecule has 0 saturated heterocycles. The molecule has 0 bridgehead atoms. The van der Waals surface area contributed by atoms with Crippen molar-refractivity contribution in [1.82, 2.24) is 4.57 Å². The average Bonchev–Trinajstić information content (AvgIpc) is 2.73. The third-order valence-electron chi connectivity index (χ3n) is 3.26. The number of carboxylic acid groups (broad SMARTS) is 1. The summed E-state index contributed by atoms with van der Waals surface area (Å²) in [6.45, 7) is -0.179. The SMILES string of the molecule is O=C(O)Cn1c2ccccc2c2cc([N+](=O)[O-])ccc21. The molecule has 0 unspecified atom stereocenters. The van der Waals surface area contributed by atoms with E-state index in [4.69, 9.17) is 5.11 Å². The molecule has 0 aliphatic heterocycles. The lowest BCUT2D eigenvalue weighted by Crippen LogP contribution is -2.08. The van der Waals surface area contributed by atoms with Gasteiger partial charge in [0.15, 0.2) is 0 Å². The van der Waals surface area contributed by atoms with Crippen LogP contribution in [0.5, 0.6) is 0 Å². The van der Waals surface area contributed by atoms with Crippen LogP contribution in [-0.4, -0.2) is 20.6 Å². The van der Waals surface area contributed by atoms with Gasteiger partial charge in [-0.1, -0.05) is 18.2 Å². The Balaban J connectivity index is 2.40. The highest BCUT2D eigenvalue weighted by Gasteiger charge is 2.15. The number of benzene rings is 2. The molecule has 3 rings (SSSR count). The highest BCUT2D eigenvalue weighted by molar-refractivity contribution is 6.09. The summed E-state index contributed by atoms with van der Waals surface area (Å²) in [5.41, 5.74) is 1.43. The van der Waals surface area contributed by atoms with E-state index in [2.05, 4.69) is 0 Å². The van der Waals surface area contributed by atoms with Gasteiger partial charge in [-0.05, 0) is 12.1 Å².